The molecule has 0 N–H and O–H groups in total. The third-order valence-electron chi connectivity index (χ3n) is 0.933. The Balaban J connectivity index is 0.000000640. The zero-order valence-electron chi connectivity index (χ0n) is 4.75. The predicted octanol–water partition coefficient (Wildman–Crippen LogP) is -2.58. The highest BCUT2D eigenvalue weighted by Crippen LogP contribution is 1.87. The van der Waals surface area contributed by atoms with Gasteiger partial charge in [0.15, 0.2) is 12.7 Å². The molecule has 0 saturated carbocycles. The van der Waals surface area contributed by atoms with Gasteiger partial charge in [-0.05, 0) is 6.08 Å². The molecule has 1 aliphatic heterocycles. The van der Waals surface area contributed by atoms with Gasteiger partial charge in [0, 0.05) is 6.08 Å². The minimum absolute atomic E-state index is 0. The SMILES string of the molecule is O=C=[N+]1C=CC=CC1.[I-]. The van der Waals surface area contributed by atoms with Gasteiger partial charge in [-0.2, -0.15) is 4.79 Å². The summed E-state index contributed by atoms with van der Waals surface area (Å²) in [4.78, 5) is 9.88. The molecule has 1 aliphatic rings. The van der Waals surface area contributed by atoms with E-state index >= 15 is 0 Å². The van der Waals surface area contributed by atoms with Gasteiger partial charge in [-0.3, -0.25) is 0 Å². The van der Waals surface area contributed by atoms with E-state index in [2.05, 4.69) is 0 Å². The number of halogens is 1. The number of allylic oxidation sites excluding steroid dienone is 2. The second kappa shape index (κ2) is 4.47. The molecule has 0 radical (unpaired) electrons. The Morgan fingerprint density at radius 2 is 2.22 bits per heavy atom. The number of hydrogen-bond acceptors (Lipinski definition) is 1. The van der Waals surface area contributed by atoms with Crippen LogP contribution in [-0.4, -0.2) is 17.2 Å². The summed E-state index contributed by atoms with van der Waals surface area (Å²) in [5, 5.41) is 0. The predicted molar refractivity (Wildman–Crippen MR) is 29.1 cm³/mol. The lowest BCUT2D eigenvalue weighted by molar-refractivity contribution is -0.443. The smallest absolute Gasteiger partial charge is 0.430 e. The van der Waals surface area contributed by atoms with Crippen molar-refractivity contribution in [3.63, 3.8) is 0 Å². The van der Waals surface area contributed by atoms with Crippen LogP contribution in [-0.2, 0) is 4.79 Å². The molecule has 3 heteroatoms. The van der Waals surface area contributed by atoms with Crippen LogP contribution in [0.2, 0.25) is 0 Å². The van der Waals surface area contributed by atoms with E-state index in [4.69, 9.17) is 0 Å². The maximum atomic E-state index is 9.88. The molecule has 0 spiro atoms. The van der Waals surface area contributed by atoms with Crippen molar-refractivity contribution < 1.29 is 33.3 Å². The normalized spacial score (nSPS) is 14.4. The fourth-order valence-corrected chi connectivity index (χ4v) is 0.535. The minimum atomic E-state index is 0. The summed E-state index contributed by atoms with van der Waals surface area (Å²) in [5.41, 5.74) is 0. The summed E-state index contributed by atoms with van der Waals surface area (Å²) in [6.45, 7) is 0.653. The first-order chi connectivity index (χ1) is 3.93. The Kier molecular flexibility index (Phi) is 4.26. The van der Waals surface area contributed by atoms with Crippen LogP contribution in [0.3, 0.4) is 0 Å². The third kappa shape index (κ3) is 2.58. The maximum absolute atomic E-state index is 9.88. The van der Waals surface area contributed by atoms with Crippen molar-refractivity contribution in [1.29, 1.82) is 0 Å². The zero-order chi connectivity index (χ0) is 5.82. The van der Waals surface area contributed by atoms with Gasteiger partial charge in [-0.1, -0.05) is 6.08 Å². The van der Waals surface area contributed by atoms with Crippen molar-refractivity contribution in [3.05, 3.63) is 24.4 Å². The van der Waals surface area contributed by atoms with E-state index in [0.29, 0.717) is 6.54 Å². The van der Waals surface area contributed by atoms with Gasteiger partial charge in [0.2, 0.25) is 0 Å². The van der Waals surface area contributed by atoms with Crippen molar-refractivity contribution in [3.8, 4) is 0 Å². The Morgan fingerprint density at radius 1 is 1.44 bits per heavy atom. The molecule has 0 amide bonds. The van der Waals surface area contributed by atoms with Crippen molar-refractivity contribution in [2.24, 2.45) is 0 Å². The average Bonchev–Trinajstić information content (AvgIpc) is 1.90. The molecule has 0 saturated heterocycles. The van der Waals surface area contributed by atoms with Gasteiger partial charge >= 0.3 is 6.08 Å². The third-order valence-corrected chi connectivity index (χ3v) is 0.933. The minimum Gasteiger partial charge on any atom is -1.00 e. The van der Waals surface area contributed by atoms with Crippen LogP contribution in [0, 0.1) is 0 Å². The summed E-state index contributed by atoms with van der Waals surface area (Å²) in [5.74, 6) is 0. The molecule has 0 aromatic carbocycles. The fourth-order valence-electron chi connectivity index (χ4n) is 0.535. The van der Waals surface area contributed by atoms with E-state index in [0.717, 1.165) is 0 Å². The number of isocyanates is 1. The van der Waals surface area contributed by atoms with E-state index in [1.165, 1.54) is 4.58 Å². The van der Waals surface area contributed by atoms with Gasteiger partial charge in [-0.25, -0.2) is 0 Å². The number of nitrogens with zero attached hydrogens (tertiary/aromatic N) is 1. The van der Waals surface area contributed by atoms with Gasteiger partial charge in [0.05, 0.1) is 0 Å². The molecule has 9 heavy (non-hydrogen) atoms. The highest BCUT2D eigenvalue weighted by atomic mass is 127. The summed E-state index contributed by atoms with van der Waals surface area (Å²) >= 11 is 0. The summed E-state index contributed by atoms with van der Waals surface area (Å²) < 4.78 is 1.44. The summed E-state index contributed by atoms with van der Waals surface area (Å²) in [6.07, 6.45) is 9.03. The van der Waals surface area contributed by atoms with Crippen LogP contribution >= 0.6 is 0 Å². The first-order valence-electron chi connectivity index (χ1n) is 2.41. The number of rotatable bonds is 0. The number of carbonyl (C=O) groups excluding carboxylic acids is 1. The van der Waals surface area contributed by atoms with E-state index < -0.39 is 0 Å². The van der Waals surface area contributed by atoms with Crippen molar-refractivity contribution in [1.82, 2.24) is 0 Å². The van der Waals surface area contributed by atoms with Crippen molar-refractivity contribution in [2.45, 2.75) is 0 Å². The topological polar surface area (TPSA) is 20.1 Å². The van der Waals surface area contributed by atoms with E-state index in [1.54, 1.807) is 18.4 Å². The Labute approximate surface area is 70.6 Å². The van der Waals surface area contributed by atoms with E-state index in [1.807, 2.05) is 12.2 Å². The Hall–Kier alpha value is -0.410. The highest BCUT2D eigenvalue weighted by molar-refractivity contribution is 5.26. The lowest BCUT2D eigenvalue weighted by atomic mass is 10.4. The molecule has 48 valence electrons. The van der Waals surface area contributed by atoms with Crippen LogP contribution in [0.4, 0.5) is 0 Å². The fraction of sp³-hybridized carbons (Fsp3) is 0.167. The van der Waals surface area contributed by atoms with Gasteiger partial charge in [0.25, 0.3) is 0 Å². The molecule has 0 unspecified atom stereocenters. The molecule has 1 rings (SSSR count). The Bertz CT molecular complexity index is 189. The largest absolute Gasteiger partial charge is 1.00 e. The quantitative estimate of drug-likeness (QED) is 0.256. The molecule has 0 fully saturated rings. The van der Waals surface area contributed by atoms with Crippen LogP contribution < -0.4 is 24.0 Å². The van der Waals surface area contributed by atoms with Crippen LogP contribution in [0.5, 0.6) is 0 Å². The highest BCUT2D eigenvalue weighted by Gasteiger charge is 1.96. The summed E-state index contributed by atoms with van der Waals surface area (Å²) in [7, 11) is 0. The molecular weight excluding hydrogens is 229 g/mol. The second-order valence-electron chi connectivity index (χ2n) is 1.51. The number of hydrogen-bond donors (Lipinski definition) is 0. The maximum Gasteiger partial charge on any atom is 0.430 e. The first-order valence-corrected chi connectivity index (χ1v) is 2.41. The Morgan fingerprint density at radius 3 is 2.56 bits per heavy atom. The van der Waals surface area contributed by atoms with Crippen LogP contribution in [0.15, 0.2) is 24.4 Å². The molecule has 0 aromatic rings. The molecule has 0 bridgehead atoms. The molecule has 2 nitrogen and oxygen atoms in total. The zero-order valence-corrected chi connectivity index (χ0v) is 6.91. The van der Waals surface area contributed by atoms with Gasteiger partial charge < -0.3 is 24.0 Å². The van der Waals surface area contributed by atoms with Crippen LogP contribution in [0.25, 0.3) is 0 Å². The van der Waals surface area contributed by atoms with Crippen molar-refractivity contribution >= 4 is 6.08 Å². The lowest BCUT2D eigenvalue weighted by Crippen LogP contribution is -3.00. The average molecular weight is 235 g/mol. The van der Waals surface area contributed by atoms with Gasteiger partial charge in [0.1, 0.15) is 0 Å². The molecule has 1 heterocycles. The van der Waals surface area contributed by atoms with Crippen LogP contribution in [0.1, 0.15) is 0 Å². The van der Waals surface area contributed by atoms with E-state index in [-0.39, 0.29) is 24.0 Å². The molecule has 0 atom stereocenters. The molecule has 0 aromatic heterocycles. The summed E-state index contributed by atoms with van der Waals surface area (Å²) in [6, 6.07) is 0. The standard InChI is InChI=1S/C6H6NO.HI/c8-6-7-4-2-1-3-5-7;/h1-4H,5H2;1H/q+1;/p-1. The lowest BCUT2D eigenvalue weighted by Gasteiger charge is -1.86. The molecular formula is C6H6INO. The second-order valence-corrected chi connectivity index (χ2v) is 1.51. The monoisotopic (exact) mass is 235 g/mol. The van der Waals surface area contributed by atoms with E-state index in [9.17, 15) is 4.79 Å². The van der Waals surface area contributed by atoms with Gasteiger partial charge in [-0.15, -0.1) is 4.58 Å². The van der Waals surface area contributed by atoms with Crippen molar-refractivity contribution in [2.75, 3.05) is 6.54 Å². The first kappa shape index (κ1) is 8.59. The molecule has 0 aliphatic carbocycles.